The lowest BCUT2D eigenvalue weighted by molar-refractivity contribution is -0.126. The molecule has 9 nitrogen and oxygen atoms in total. The molecule has 0 aliphatic heterocycles. The molecule has 5 N–H and O–H groups in total. The van der Waals surface area contributed by atoms with Gasteiger partial charge in [-0.2, -0.15) is 0 Å². The van der Waals surface area contributed by atoms with E-state index in [1.807, 2.05) is 0 Å². The Hall–Kier alpha value is -5.31. The van der Waals surface area contributed by atoms with Crippen molar-refractivity contribution >= 4 is 35.9 Å². The van der Waals surface area contributed by atoms with E-state index in [0.29, 0.717) is 45.4 Å². The van der Waals surface area contributed by atoms with Gasteiger partial charge < -0.3 is 30.9 Å². The fourth-order valence-electron chi connectivity index (χ4n) is 3.94. The third-order valence-electron chi connectivity index (χ3n) is 6.32. The predicted molar refractivity (Wildman–Crippen MR) is 168 cm³/mol. The van der Waals surface area contributed by atoms with E-state index in [2.05, 4.69) is 10.6 Å². The van der Waals surface area contributed by atoms with Gasteiger partial charge in [-0.05, 0) is 90.6 Å². The number of carbonyl (C=O) groups is 3. The number of nitrogens with one attached hydrogen (secondary N) is 2. The minimum Gasteiger partial charge on any atom is -0.508 e. The van der Waals surface area contributed by atoms with Crippen LogP contribution in [-0.2, 0) is 14.4 Å². The standard InChI is InChI=1S/C34H37N3O6/c38-29-13-4-26(5-14-29)10-19-32(41)35-22-1-2-24-37(34(43)21-12-28-8-17-31(40)18-9-28)25-3-23-36-33(42)20-11-27-6-15-30(39)16-7-27/h4-21,38-40H,1-3,22-25H2,(H,35,41)(H,36,42)/b19-10-,20-11+,21-12-. The van der Waals surface area contributed by atoms with Crippen molar-refractivity contribution in [2.24, 2.45) is 0 Å². The van der Waals surface area contributed by atoms with Crippen molar-refractivity contribution in [3.8, 4) is 17.2 Å². The molecule has 0 saturated heterocycles. The first-order valence-corrected chi connectivity index (χ1v) is 14.0. The molecule has 3 aromatic rings. The van der Waals surface area contributed by atoms with E-state index in [-0.39, 0.29) is 35.0 Å². The maximum absolute atomic E-state index is 13.0. The molecule has 0 spiro atoms. The number of phenolic OH excluding ortho intramolecular Hbond substituents is 3. The van der Waals surface area contributed by atoms with Crippen molar-refractivity contribution in [1.29, 1.82) is 0 Å². The Bertz CT molecular complexity index is 1410. The molecule has 43 heavy (non-hydrogen) atoms. The van der Waals surface area contributed by atoms with Gasteiger partial charge in [-0.15, -0.1) is 0 Å². The van der Waals surface area contributed by atoms with Crippen LogP contribution in [0.4, 0.5) is 0 Å². The monoisotopic (exact) mass is 583 g/mol. The van der Waals surface area contributed by atoms with E-state index in [4.69, 9.17) is 0 Å². The normalized spacial score (nSPS) is 11.3. The number of aromatic hydroxyl groups is 3. The summed E-state index contributed by atoms with van der Waals surface area (Å²) in [6.45, 7) is 1.75. The van der Waals surface area contributed by atoms with Gasteiger partial charge >= 0.3 is 0 Å². The van der Waals surface area contributed by atoms with Crippen LogP contribution in [-0.4, -0.2) is 64.1 Å². The Morgan fingerprint density at radius 3 is 1.35 bits per heavy atom. The predicted octanol–water partition coefficient (Wildman–Crippen LogP) is 4.47. The molecule has 0 heterocycles. The quantitative estimate of drug-likeness (QED) is 0.132. The number of unbranched alkanes of at least 4 members (excludes halogenated alkanes) is 1. The second-order valence-corrected chi connectivity index (χ2v) is 9.74. The first kappa shape index (κ1) is 32.2. The average Bonchev–Trinajstić information content (AvgIpc) is 3.01. The van der Waals surface area contributed by atoms with Crippen LogP contribution in [0.3, 0.4) is 0 Å². The minimum absolute atomic E-state index is 0.146. The average molecular weight is 584 g/mol. The fraction of sp³-hybridized carbons (Fsp3) is 0.206. The molecule has 0 atom stereocenters. The summed E-state index contributed by atoms with van der Waals surface area (Å²) in [5.74, 6) is -0.196. The smallest absolute Gasteiger partial charge is 0.246 e. The van der Waals surface area contributed by atoms with Gasteiger partial charge in [-0.3, -0.25) is 14.4 Å². The lowest BCUT2D eigenvalue weighted by Crippen LogP contribution is -2.34. The van der Waals surface area contributed by atoms with E-state index in [0.717, 1.165) is 16.7 Å². The van der Waals surface area contributed by atoms with E-state index < -0.39 is 0 Å². The number of hydrogen-bond donors (Lipinski definition) is 5. The maximum Gasteiger partial charge on any atom is 0.246 e. The molecule has 3 aromatic carbocycles. The topological polar surface area (TPSA) is 139 Å². The minimum atomic E-state index is -0.256. The second kappa shape index (κ2) is 17.5. The zero-order valence-corrected chi connectivity index (χ0v) is 23.9. The van der Waals surface area contributed by atoms with Crippen molar-refractivity contribution in [2.45, 2.75) is 19.3 Å². The molecule has 0 unspecified atom stereocenters. The van der Waals surface area contributed by atoms with Gasteiger partial charge in [0, 0.05) is 44.4 Å². The lowest BCUT2D eigenvalue weighted by Gasteiger charge is -2.21. The van der Waals surface area contributed by atoms with Crippen LogP contribution in [0.5, 0.6) is 17.2 Å². The van der Waals surface area contributed by atoms with Gasteiger partial charge in [0.15, 0.2) is 0 Å². The van der Waals surface area contributed by atoms with E-state index >= 15 is 0 Å². The third-order valence-corrected chi connectivity index (χ3v) is 6.32. The van der Waals surface area contributed by atoms with E-state index in [1.54, 1.807) is 95.9 Å². The Morgan fingerprint density at radius 2 is 0.907 bits per heavy atom. The summed E-state index contributed by atoms with van der Waals surface area (Å²) in [6.07, 6.45) is 11.2. The van der Waals surface area contributed by atoms with Crippen molar-refractivity contribution in [2.75, 3.05) is 26.2 Å². The van der Waals surface area contributed by atoms with Gasteiger partial charge in [0.2, 0.25) is 17.7 Å². The first-order chi connectivity index (χ1) is 20.8. The van der Waals surface area contributed by atoms with Crippen molar-refractivity contribution in [3.63, 3.8) is 0 Å². The summed E-state index contributed by atoms with van der Waals surface area (Å²) >= 11 is 0. The van der Waals surface area contributed by atoms with E-state index in [1.165, 1.54) is 18.2 Å². The number of nitrogens with zero attached hydrogens (tertiary/aromatic N) is 1. The first-order valence-electron chi connectivity index (χ1n) is 14.0. The summed E-state index contributed by atoms with van der Waals surface area (Å²) in [7, 11) is 0. The summed E-state index contributed by atoms with van der Waals surface area (Å²) in [5, 5.41) is 33.8. The van der Waals surface area contributed by atoms with Crippen LogP contribution in [0, 0.1) is 0 Å². The number of phenols is 3. The summed E-state index contributed by atoms with van der Waals surface area (Å²) < 4.78 is 0. The summed E-state index contributed by atoms with van der Waals surface area (Å²) in [5.41, 5.74) is 2.36. The molecule has 0 saturated carbocycles. The largest absolute Gasteiger partial charge is 0.508 e. The summed E-state index contributed by atoms with van der Waals surface area (Å²) in [6, 6.07) is 19.5. The van der Waals surface area contributed by atoms with Crippen molar-refractivity contribution in [3.05, 3.63) is 108 Å². The van der Waals surface area contributed by atoms with Crippen LogP contribution in [0.2, 0.25) is 0 Å². The Balaban J connectivity index is 1.45. The van der Waals surface area contributed by atoms with Crippen molar-refractivity contribution < 1.29 is 29.7 Å². The number of benzene rings is 3. The highest BCUT2D eigenvalue weighted by Gasteiger charge is 2.11. The highest BCUT2D eigenvalue weighted by molar-refractivity contribution is 5.93. The van der Waals surface area contributed by atoms with Gasteiger partial charge in [-0.1, -0.05) is 36.4 Å². The van der Waals surface area contributed by atoms with Gasteiger partial charge in [0.25, 0.3) is 0 Å². The molecule has 0 fully saturated rings. The van der Waals surface area contributed by atoms with Crippen LogP contribution < -0.4 is 10.6 Å². The lowest BCUT2D eigenvalue weighted by atomic mass is 10.2. The second-order valence-electron chi connectivity index (χ2n) is 9.74. The van der Waals surface area contributed by atoms with Gasteiger partial charge in [0.1, 0.15) is 17.2 Å². The zero-order valence-electron chi connectivity index (χ0n) is 23.9. The Labute approximate surface area is 251 Å². The molecule has 9 heteroatoms. The number of carbonyl (C=O) groups excluding carboxylic acids is 3. The summed E-state index contributed by atoms with van der Waals surface area (Å²) in [4.78, 5) is 39.0. The molecule has 0 radical (unpaired) electrons. The van der Waals surface area contributed by atoms with Crippen LogP contribution >= 0.6 is 0 Å². The highest BCUT2D eigenvalue weighted by atomic mass is 16.3. The molecule has 0 aromatic heterocycles. The molecule has 224 valence electrons. The molecule has 3 rings (SSSR count). The number of rotatable bonds is 15. The highest BCUT2D eigenvalue weighted by Crippen LogP contribution is 2.13. The van der Waals surface area contributed by atoms with Crippen LogP contribution in [0.25, 0.3) is 18.2 Å². The van der Waals surface area contributed by atoms with E-state index in [9.17, 15) is 29.7 Å². The molecular formula is C34H37N3O6. The molecule has 0 aliphatic rings. The van der Waals surface area contributed by atoms with Crippen molar-refractivity contribution in [1.82, 2.24) is 15.5 Å². The molecule has 0 aliphatic carbocycles. The Morgan fingerprint density at radius 1 is 0.535 bits per heavy atom. The zero-order chi connectivity index (χ0) is 30.9. The van der Waals surface area contributed by atoms with Crippen LogP contribution in [0.1, 0.15) is 36.0 Å². The molecular weight excluding hydrogens is 546 g/mol. The number of hydrogen-bond acceptors (Lipinski definition) is 6. The third kappa shape index (κ3) is 12.8. The number of amides is 3. The fourth-order valence-corrected chi connectivity index (χ4v) is 3.94. The van der Waals surface area contributed by atoms with Crippen LogP contribution in [0.15, 0.2) is 91.0 Å². The SMILES string of the molecule is O=C(/C=C\c1ccc(O)cc1)NCCCCN(CCCNC(=O)/C=C/c1ccc(O)cc1)C(=O)/C=C\c1ccc(O)cc1. The van der Waals surface area contributed by atoms with Gasteiger partial charge in [-0.25, -0.2) is 0 Å². The molecule has 0 bridgehead atoms. The van der Waals surface area contributed by atoms with Gasteiger partial charge in [0.05, 0.1) is 0 Å². The Kier molecular flexibility index (Phi) is 13.1. The molecule has 3 amide bonds. The maximum atomic E-state index is 13.0.